The van der Waals surface area contributed by atoms with Crippen LogP contribution in [0.4, 0.5) is 4.39 Å². The van der Waals surface area contributed by atoms with Gasteiger partial charge in [0.1, 0.15) is 11.6 Å². The van der Waals surface area contributed by atoms with Gasteiger partial charge in [0.15, 0.2) is 0 Å². The van der Waals surface area contributed by atoms with Crippen molar-refractivity contribution in [3.05, 3.63) is 77.8 Å². The largest absolute Gasteiger partial charge is 0.463 e. The standard InChI is InChI=1S/C18H17FO2/c19-16-7-9-17(10-8-16)21-18-11-6-15(13-20-18)12-14-4-2-1-3-5-14/h1-5,7-10,13,18H,6,11-12H2. The van der Waals surface area contributed by atoms with Crippen molar-refractivity contribution in [2.45, 2.75) is 25.6 Å². The summed E-state index contributed by atoms with van der Waals surface area (Å²) in [5, 5.41) is 0. The van der Waals surface area contributed by atoms with Crippen molar-refractivity contribution in [2.24, 2.45) is 0 Å². The van der Waals surface area contributed by atoms with Gasteiger partial charge in [0.05, 0.1) is 6.26 Å². The van der Waals surface area contributed by atoms with Crippen molar-refractivity contribution in [1.29, 1.82) is 0 Å². The van der Waals surface area contributed by atoms with E-state index in [1.165, 1.54) is 23.3 Å². The molecule has 2 nitrogen and oxygen atoms in total. The zero-order chi connectivity index (χ0) is 14.5. The molecular weight excluding hydrogens is 267 g/mol. The third kappa shape index (κ3) is 3.85. The van der Waals surface area contributed by atoms with Gasteiger partial charge in [-0.05, 0) is 48.2 Å². The van der Waals surface area contributed by atoms with Crippen molar-refractivity contribution < 1.29 is 13.9 Å². The summed E-state index contributed by atoms with van der Waals surface area (Å²) in [6.45, 7) is 0. The molecule has 2 aromatic rings. The topological polar surface area (TPSA) is 18.5 Å². The fourth-order valence-corrected chi connectivity index (χ4v) is 2.34. The minimum absolute atomic E-state index is 0.267. The van der Waals surface area contributed by atoms with Gasteiger partial charge >= 0.3 is 0 Å². The molecule has 0 saturated heterocycles. The van der Waals surface area contributed by atoms with Gasteiger partial charge in [-0.15, -0.1) is 0 Å². The fourth-order valence-electron chi connectivity index (χ4n) is 2.34. The Balaban J connectivity index is 1.55. The second kappa shape index (κ2) is 6.44. The van der Waals surface area contributed by atoms with E-state index in [0.717, 1.165) is 19.3 Å². The van der Waals surface area contributed by atoms with Crippen LogP contribution in [0.1, 0.15) is 18.4 Å². The molecule has 3 rings (SSSR count). The normalized spacial score (nSPS) is 17.8. The molecule has 0 saturated carbocycles. The second-order valence-corrected chi connectivity index (χ2v) is 5.11. The first-order valence-corrected chi connectivity index (χ1v) is 7.09. The Kier molecular flexibility index (Phi) is 4.20. The lowest BCUT2D eigenvalue weighted by Crippen LogP contribution is -2.22. The highest BCUT2D eigenvalue weighted by Gasteiger charge is 2.17. The Morgan fingerprint density at radius 3 is 2.48 bits per heavy atom. The van der Waals surface area contributed by atoms with Gasteiger partial charge < -0.3 is 9.47 Å². The molecule has 0 amide bonds. The summed E-state index contributed by atoms with van der Waals surface area (Å²) in [6.07, 6.45) is 4.15. The first-order chi connectivity index (χ1) is 10.3. The molecule has 1 heterocycles. The quantitative estimate of drug-likeness (QED) is 0.824. The summed E-state index contributed by atoms with van der Waals surface area (Å²) < 4.78 is 24.1. The van der Waals surface area contributed by atoms with E-state index in [0.29, 0.717) is 5.75 Å². The highest BCUT2D eigenvalue weighted by molar-refractivity contribution is 5.23. The molecule has 0 radical (unpaired) electrons. The molecule has 0 aromatic heterocycles. The second-order valence-electron chi connectivity index (χ2n) is 5.11. The molecule has 21 heavy (non-hydrogen) atoms. The highest BCUT2D eigenvalue weighted by atomic mass is 19.1. The zero-order valence-electron chi connectivity index (χ0n) is 11.7. The van der Waals surface area contributed by atoms with Gasteiger partial charge in [0, 0.05) is 6.42 Å². The number of ether oxygens (including phenoxy) is 2. The molecule has 0 spiro atoms. The molecule has 108 valence electrons. The zero-order valence-corrected chi connectivity index (χ0v) is 11.7. The van der Waals surface area contributed by atoms with Crippen LogP contribution in [-0.2, 0) is 11.2 Å². The number of hydrogen-bond donors (Lipinski definition) is 0. The molecule has 1 aliphatic heterocycles. The van der Waals surface area contributed by atoms with Gasteiger partial charge in [-0.1, -0.05) is 30.3 Å². The van der Waals surface area contributed by atoms with Gasteiger partial charge in [-0.2, -0.15) is 0 Å². The summed E-state index contributed by atoms with van der Waals surface area (Å²) >= 11 is 0. The van der Waals surface area contributed by atoms with E-state index in [1.54, 1.807) is 18.4 Å². The van der Waals surface area contributed by atoms with Crippen LogP contribution >= 0.6 is 0 Å². The predicted molar refractivity (Wildman–Crippen MR) is 79.4 cm³/mol. The van der Waals surface area contributed by atoms with Crippen LogP contribution in [0.2, 0.25) is 0 Å². The molecule has 3 heteroatoms. The van der Waals surface area contributed by atoms with Crippen molar-refractivity contribution in [2.75, 3.05) is 0 Å². The minimum atomic E-state index is -0.296. The van der Waals surface area contributed by atoms with Crippen molar-refractivity contribution in [3.8, 4) is 5.75 Å². The average molecular weight is 284 g/mol. The van der Waals surface area contributed by atoms with Crippen LogP contribution in [0.3, 0.4) is 0 Å². The van der Waals surface area contributed by atoms with Crippen LogP contribution in [0, 0.1) is 5.82 Å². The summed E-state index contributed by atoms with van der Waals surface area (Å²) in [5.74, 6) is 0.360. The van der Waals surface area contributed by atoms with Gasteiger partial charge in [0.2, 0.25) is 6.29 Å². The third-order valence-corrected chi connectivity index (χ3v) is 3.44. The van der Waals surface area contributed by atoms with Crippen molar-refractivity contribution >= 4 is 0 Å². The Morgan fingerprint density at radius 1 is 1.05 bits per heavy atom. The van der Waals surface area contributed by atoms with Crippen LogP contribution < -0.4 is 4.74 Å². The Hall–Kier alpha value is -2.29. The number of allylic oxidation sites excluding steroid dienone is 1. The first-order valence-electron chi connectivity index (χ1n) is 7.09. The Morgan fingerprint density at radius 2 is 1.81 bits per heavy atom. The summed E-state index contributed by atoms with van der Waals surface area (Å²) in [6, 6.07) is 16.3. The molecule has 1 aliphatic rings. The minimum Gasteiger partial charge on any atom is -0.463 e. The van der Waals surface area contributed by atoms with Gasteiger partial charge in [0.25, 0.3) is 0 Å². The average Bonchev–Trinajstić information content (AvgIpc) is 2.53. The molecule has 2 aromatic carbocycles. The molecule has 0 aliphatic carbocycles. The maximum absolute atomic E-state index is 12.8. The molecule has 1 atom stereocenters. The third-order valence-electron chi connectivity index (χ3n) is 3.44. The number of benzene rings is 2. The van der Waals surface area contributed by atoms with Crippen molar-refractivity contribution in [1.82, 2.24) is 0 Å². The summed E-state index contributed by atoms with van der Waals surface area (Å²) in [7, 11) is 0. The van der Waals surface area contributed by atoms with Crippen LogP contribution in [-0.4, -0.2) is 6.29 Å². The van der Waals surface area contributed by atoms with E-state index in [9.17, 15) is 4.39 Å². The Bertz CT molecular complexity index is 605. The van der Waals surface area contributed by atoms with E-state index in [2.05, 4.69) is 12.1 Å². The van der Waals surface area contributed by atoms with Crippen LogP contribution in [0.15, 0.2) is 66.4 Å². The molecule has 0 N–H and O–H groups in total. The maximum atomic E-state index is 12.8. The number of rotatable bonds is 4. The lowest BCUT2D eigenvalue weighted by Gasteiger charge is -2.24. The molecule has 1 unspecified atom stereocenters. The fraction of sp³-hybridized carbons (Fsp3) is 0.222. The monoisotopic (exact) mass is 284 g/mol. The lowest BCUT2D eigenvalue weighted by atomic mass is 10.0. The van der Waals surface area contributed by atoms with Crippen LogP contribution in [0.5, 0.6) is 5.75 Å². The van der Waals surface area contributed by atoms with Gasteiger partial charge in [-0.3, -0.25) is 0 Å². The Labute approximate surface area is 123 Å². The highest BCUT2D eigenvalue weighted by Crippen LogP contribution is 2.23. The predicted octanol–water partition coefficient (Wildman–Crippen LogP) is 4.47. The van der Waals surface area contributed by atoms with E-state index in [-0.39, 0.29) is 12.1 Å². The first kappa shape index (κ1) is 13.7. The SMILES string of the molecule is Fc1ccc(OC2CCC(Cc3ccccc3)=CO2)cc1. The summed E-state index contributed by atoms with van der Waals surface area (Å²) in [4.78, 5) is 0. The number of halogens is 1. The lowest BCUT2D eigenvalue weighted by molar-refractivity contribution is -0.0441. The van der Waals surface area contributed by atoms with Crippen molar-refractivity contribution in [3.63, 3.8) is 0 Å². The molecular formula is C18H17FO2. The maximum Gasteiger partial charge on any atom is 0.240 e. The van der Waals surface area contributed by atoms with Crippen LogP contribution in [0.25, 0.3) is 0 Å². The molecule has 0 fully saturated rings. The van der Waals surface area contributed by atoms with E-state index < -0.39 is 0 Å². The number of hydrogen-bond acceptors (Lipinski definition) is 2. The smallest absolute Gasteiger partial charge is 0.240 e. The van der Waals surface area contributed by atoms with E-state index >= 15 is 0 Å². The van der Waals surface area contributed by atoms with E-state index in [1.807, 2.05) is 18.2 Å². The molecule has 0 bridgehead atoms. The summed E-state index contributed by atoms with van der Waals surface area (Å²) in [5.41, 5.74) is 2.55. The van der Waals surface area contributed by atoms with E-state index in [4.69, 9.17) is 9.47 Å². The van der Waals surface area contributed by atoms with Gasteiger partial charge in [-0.25, -0.2) is 4.39 Å².